The highest BCUT2D eigenvalue weighted by molar-refractivity contribution is 9.10. The van der Waals surface area contributed by atoms with E-state index in [1.807, 2.05) is 55.4 Å². The summed E-state index contributed by atoms with van der Waals surface area (Å²) in [6, 6.07) is 26.1. The monoisotopic (exact) mass is 1590 g/mol. The zero-order valence-corrected chi connectivity index (χ0v) is 61.5. The number of rotatable bonds is 13. The number of ether oxygens (including phenoxy) is 1. The van der Waals surface area contributed by atoms with Crippen molar-refractivity contribution in [3.63, 3.8) is 0 Å². The molecule has 0 aliphatic carbocycles. The van der Waals surface area contributed by atoms with Crippen molar-refractivity contribution in [1.29, 1.82) is 0 Å². The van der Waals surface area contributed by atoms with Gasteiger partial charge in [0, 0.05) is 57.8 Å². The summed E-state index contributed by atoms with van der Waals surface area (Å²) in [5, 5.41) is 35.2. The number of amides is 2. The van der Waals surface area contributed by atoms with Crippen LogP contribution in [0, 0.1) is 11.6 Å². The summed E-state index contributed by atoms with van der Waals surface area (Å²) in [5.74, 6) is -5.16. The molecule has 0 spiro atoms. The average molecular weight is 1600 g/mol. The lowest BCUT2D eigenvalue weighted by molar-refractivity contribution is -0.143. The number of nitrogens with one attached hydrogen (secondary N) is 2. The number of aromatic nitrogens is 4. The number of fused-ring (bicyclic) bond motifs is 4. The second-order valence-corrected chi connectivity index (χ2v) is 28.3. The molecule has 0 bridgehead atoms. The Morgan fingerprint density at radius 1 is 0.543 bits per heavy atom. The molecule has 6 aromatic carbocycles. The van der Waals surface area contributed by atoms with Crippen LogP contribution in [0.3, 0.4) is 0 Å². The van der Waals surface area contributed by atoms with Gasteiger partial charge in [-0.3, -0.25) is 24.5 Å². The summed E-state index contributed by atoms with van der Waals surface area (Å²) in [4.78, 5) is 65.8. The molecule has 548 valence electrons. The predicted molar refractivity (Wildman–Crippen MR) is 388 cm³/mol. The minimum Gasteiger partial charge on any atom is -0.480 e. The first-order chi connectivity index (χ1) is 49.1. The number of methoxy groups -OCH3 is 1. The second kappa shape index (κ2) is 32.1. The van der Waals surface area contributed by atoms with Crippen LogP contribution in [0.15, 0.2) is 151 Å². The molecule has 18 nitrogen and oxygen atoms in total. The number of carbonyl (C=O) groups excluding carboxylic acids is 3. The molecule has 2 aliphatic rings. The van der Waals surface area contributed by atoms with Crippen LogP contribution in [0.25, 0.3) is 54.6 Å². The third kappa shape index (κ3) is 18.1. The topological polar surface area (TPSA) is 251 Å². The number of esters is 1. The van der Waals surface area contributed by atoms with E-state index in [-0.39, 0.29) is 126 Å². The van der Waals surface area contributed by atoms with E-state index in [1.54, 1.807) is 30.3 Å². The summed E-state index contributed by atoms with van der Waals surface area (Å²) in [5.41, 5.74) is -2.89. The molecule has 34 heteroatoms. The van der Waals surface area contributed by atoms with Crippen LogP contribution in [-0.2, 0) is 58.1 Å². The molecule has 2 atom stereocenters. The molecule has 2 amide bonds. The molecular weight excluding hydrogens is 1530 g/mol. The van der Waals surface area contributed by atoms with Crippen molar-refractivity contribution in [2.75, 3.05) is 7.11 Å². The SMILES string of the molecule is CC1(C)OB(B2OC(C)(C)C(C)(C)O2)OC1(C)C.COC(=O)[C@H](Cc1ccc(B(O)O)c2ncc(F)cc12)NC(=O)c1c(Cl)cccc1Cl.FC(F)(F)c1c(Br)ncc2ccccc12.O=C(N[C@@H](Cc1ccc(-c2ncc3ccccc3c2C(F)(F)F)c2ncc(F)cc12)C(=O)O)c1c(Cl)cccc1Cl. The first kappa shape index (κ1) is 81.0. The number of benzene rings is 6. The Kier molecular flexibility index (Phi) is 24.8. The molecule has 10 aromatic rings. The highest BCUT2D eigenvalue weighted by atomic mass is 79.9. The highest BCUT2D eigenvalue weighted by Crippen LogP contribution is 2.45. The number of carboxylic acid groups (broad SMARTS) is 1. The lowest BCUT2D eigenvalue weighted by Gasteiger charge is -2.32. The van der Waals surface area contributed by atoms with Gasteiger partial charge in [0.15, 0.2) is 0 Å². The largest absolute Gasteiger partial charge is 0.490 e. The summed E-state index contributed by atoms with van der Waals surface area (Å²) in [6.07, 6.45) is -5.13. The van der Waals surface area contributed by atoms with Gasteiger partial charge < -0.3 is 49.1 Å². The van der Waals surface area contributed by atoms with Gasteiger partial charge in [-0.25, -0.2) is 23.4 Å². The highest BCUT2D eigenvalue weighted by Gasteiger charge is 2.64. The predicted octanol–water partition coefficient (Wildman–Crippen LogP) is 15.5. The van der Waals surface area contributed by atoms with Gasteiger partial charge in [0.2, 0.25) is 0 Å². The zero-order chi connectivity index (χ0) is 77.2. The Labute approximate surface area is 624 Å². The van der Waals surface area contributed by atoms with Crippen molar-refractivity contribution < 1.29 is 92.8 Å². The molecule has 105 heavy (non-hydrogen) atoms. The van der Waals surface area contributed by atoms with Crippen molar-refractivity contribution >= 4 is 156 Å². The van der Waals surface area contributed by atoms with Crippen molar-refractivity contribution in [2.24, 2.45) is 0 Å². The number of carboxylic acids is 1. The van der Waals surface area contributed by atoms with Gasteiger partial charge in [0.25, 0.3) is 11.8 Å². The molecule has 0 unspecified atom stereocenters. The summed E-state index contributed by atoms with van der Waals surface area (Å²) < 4.78 is 138. The molecule has 2 aliphatic heterocycles. The van der Waals surface area contributed by atoms with E-state index < -0.39 is 97.8 Å². The Bertz CT molecular complexity index is 4890. The average Bonchev–Trinajstić information content (AvgIpc) is 1.71. The van der Waals surface area contributed by atoms with E-state index in [0.717, 1.165) is 31.6 Å². The van der Waals surface area contributed by atoms with Gasteiger partial charge >= 0.3 is 45.4 Å². The lowest BCUT2D eigenvalue weighted by atomic mass is 9.49. The van der Waals surface area contributed by atoms with Gasteiger partial charge in [-0.05, 0) is 130 Å². The molecular formula is C71H62B3BrCl4F8N6O12. The smallest absolute Gasteiger partial charge is 0.480 e. The van der Waals surface area contributed by atoms with Crippen molar-refractivity contribution in [3.8, 4) is 11.3 Å². The van der Waals surface area contributed by atoms with E-state index >= 15 is 0 Å². The number of alkyl halides is 6. The normalized spacial score (nSPS) is 15.5. The summed E-state index contributed by atoms with van der Waals surface area (Å²) >= 11 is 27.1. The van der Waals surface area contributed by atoms with E-state index in [1.165, 1.54) is 91.3 Å². The molecule has 12 rings (SSSR count). The number of hydrogen-bond donors (Lipinski definition) is 5. The Hall–Kier alpha value is -8.13. The standard InChI is InChI=1S/C29H17Cl2F4N3O3.C20H16BCl2FN2O5.C12H24B2O4.C10H5BrF3N/c30-20-6-3-7-21(31)23(20)27(39)38-22(28(40)41)10-14-8-9-18(25-19(14)11-16(32)13-37-25)26-24(29(33,34)35)17-5-2-1-4-15(17)12-36-26;1-31-20(28)16(26-19(27)17-14(22)3-2-4-15(17)23)7-10-5-6-13(21(29)30)18-12(10)8-11(24)9-25-18;1-9(2)10(3,4)16-13(15-9)14-17-11(5,6)12(7,8)18-14;11-9-8(10(12,13)14)7-4-2-1-3-6(7)5-15-9/h1-9,11-13,22H,10H2,(H,38,39)(H,40,41);2-6,8-9,16,29-30H,7H2,1H3,(H,26,27);1-8H3;1-5H/t22-;16-;;/m00../s1. The van der Waals surface area contributed by atoms with Crippen molar-refractivity contribution in [3.05, 3.63) is 216 Å². The third-order valence-electron chi connectivity index (χ3n) is 17.9. The summed E-state index contributed by atoms with van der Waals surface area (Å²) in [6.45, 7) is 16.2. The van der Waals surface area contributed by atoms with Gasteiger partial charge in [0.1, 0.15) is 28.3 Å². The first-order valence-corrected chi connectivity index (χ1v) is 33.9. The van der Waals surface area contributed by atoms with E-state index in [4.69, 9.17) is 69.8 Å². The van der Waals surface area contributed by atoms with Crippen molar-refractivity contribution in [1.82, 2.24) is 30.6 Å². The number of halogens is 13. The van der Waals surface area contributed by atoms with Gasteiger partial charge in [-0.2, -0.15) is 26.3 Å². The number of nitrogens with zero attached hydrogens (tertiary/aromatic N) is 4. The van der Waals surface area contributed by atoms with Gasteiger partial charge in [-0.1, -0.05) is 131 Å². The van der Waals surface area contributed by atoms with Gasteiger partial charge in [0.05, 0.1) is 101 Å². The van der Waals surface area contributed by atoms with Gasteiger partial charge in [-0.15, -0.1) is 0 Å². The summed E-state index contributed by atoms with van der Waals surface area (Å²) in [7, 11) is -1.62. The maximum absolute atomic E-state index is 14.4. The van der Waals surface area contributed by atoms with Crippen LogP contribution >= 0.6 is 62.3 Å². The lowest BCUT2D eigenvalue weighted by Crippen LogP contribution is -2.43. The zero-order valence-electron chi connectivity index (χ0n) is 56.9. The first-order valence-electron chi connectivity index (χ1n) is 31.6. The Balaban J connectivity index is 0.000000175. The Morgan fingerprint density at radius 2 is 0.943 bits per heavy atom. The molecule has 6 heterocycles. The molecule has 2 saturated heterocycles. The second-order valence-electron chi connectivity index (χ2n) is 25.9. The quantitative estimate of drug-likeness (QED) is 0.0311. The number of pyridine rings is 4. The number of hydrogen-bond acceptors (Lipinski definition) is 15. The van der Waals surface area contributed by atoms with Crippen LogP contribution < -0.4 is 16.1 Å². The molecule has 0 saturated carbocycles. The van der Waals surface area contributed by atoms with Crippen LogP contribution in [-0.4, -0.2) is 122 Å². The minimum absolute atomic E-state index is 0.00330. The Morgan fingerprint density at radius 3 is 1.38 bits per heavy atom. The van der Waals surface area contributed by atoms with Crippen LogP contribution in [0.1, 0.15) is 98.4 Å². The minimum atomic E-state index is -4.78. The molecule has 5 N–H and O–H groups in total. The van der Waals surface area contributed by atoms with E-state index in [9.17, 15) is 69.5 Å². The van der Waals surface area contributed by atoms with E-state index in [2.05, 4.69) is 46.5 Å². The fourth-order valence-corrected chi connectivity index (χ4v) is 12.9. The maximum atomic E-state index is 14.4. The van der Waals surface area contributed by atoms with Crippen molar-refractivity contribution in [2.45, 2.75) is 115 Å². The maximum Gasteiger partial charge on any atom is 0.490 e. The third-order valence-corrected chi connectivity index (χ3v) is 19.7. The fourth-order valence-electron chi connectivity index (χ4n) is 11.2. The fraction of sp³-hybridized carbons (Fsp3) is 0.268. The molecule has 0 radical (unpaired) electrons. The van der Waals surface area contributed by atoms with Crippen LogP contribution in [0.5, 0.6) is 0 Å². The van der Waals surface area contributed by atoms with Crippen LogP contribution in [0.2, 0.25) is 20.1 Å². The molecule has 2 fully saturated rings. The van der Waals surface area contributed by atoms with E-state index in [0.29, 0.717) is 10.9 Å². The number of aliphatic carboxylic acids is 1. The number of carbonyl (C=O) groups is 4. The molecule has 4 aromatic heterocycles. The van der Waals surface area contributed by atoms with Crippen LogP contribution in [0.4, 0.5) is 35.1 Å².